The molecule has 1 aliphatic heterocycles. The molecule has 2 heterocycles. The maximum Gasteiger partial charge on any atom is 0.326 e. The molecule has 8 nitrogen and oxygen atoms in total. The number of urea groups is 1. The number of rotatable bonds is 6. The minimum Gasteiger partial charge on any atom is -0.504 e. The van der Waals surface area contributed by atoms with Crippen LogP contribution in [0.2, 0.25) is 0 Å². The number of aromatic nitrogens is 2. The maximum atomic E-state index is 13.4. The number of nitrogens with zero attached hydrogens (tertiary/aromatic N) is 3. The molecule has 8 heteroatoms. The first-order chi connectivity index (χ1) is 17.5. The minimum absolute atomic E-state index is 0.0326. The Morgan fingerprint density at radius 2 is 1.89 bits per heavy atom. The van der Waals surface area contributed by atoms with Gasteiger partial charge in [0.05, 0.1) is 24.4 Å². The first-order valence-corrected chi connectivity index (χ1v) is 11.7. The molecular formula is C28H26N4O4. The van der Waals surface area contributed by atoms with Crippen LogP contribution in [-0.4, -0.2) is 28.4 Å². The molecule has 3 aromatic carbocycles. The smallest absolute Gasteiger partial charge is 0.326 e. The highest BCUT2D eigenvalue weighted by Crippen LogP contribution is 2.41. The molecule has 5 rings (SSSR count). The average molecular weight is 483 g/mol. The number of anilines is 1. The van der Waals surface area contributed by atoms with E-state index in [1.165, 1.54) is 7.11 Å². The fourth-order valence-electron chi connectivity index (χ4n) is 4.42. The number of phenolic OH excluding ortho intramolecular Hbond substituents is 1. The number of hydrogen-bond donors (Lipinski definition) is 2. The summed E-state index contributed by atoms with van der Waals surface area (Å²) in [5.74, 6) is 1.03. The zero-order chi connectivity index (χ0) is 25.2. The summed E-state index contributed by atoms with van der Waals surface area (Å²) in [5, 5.41) is 17.7. The fourth-order valence-corrected chi connectivity index (χ4v) is 4.42. The summed E-state index contributed by atoms with van der Waals surface area (Å²) < 4.78 is 10.9. The van der Waals surface area contributed by atoms with E-state index in [0.29, 0.717) is 28.4 Å². The van der Waals surface area contributed by atoms with Gasteiger partial charge in [-0.25, -0.2) is 4.79 Å². The average Bonchev–Trinajstić information content (AvgIpc) is 3.39. The summed E-state index contributed by atoms with van der Waals surface area (Å²) in [6.45, 7) is 3.93. The molecule has 2 N–H and O–H groups in total. The minimum atomic E-state index is -0.635. The van der Waals surface area contributed by atoms with Crippen molar-refractivity contribution < 1.29 is 19.2 Å². The van der Waals surface area contributed by atoms with Gasteiger partial charge in [0.25, 0.3) is 5.89 Å². The van der Waals surface area contributed by atoms with Crippen LogP contribution in [-0.2, 0) is 6.42 Å². The third kappa shape index (κ3) is 4.17. The van der Waals surface area contributed by atoms with Gasteiger partial charge in [-0.1, -0.05) is 60.6 Å². The molecule has 1 aliphatic rings. The van der Waals surface area contributed by atoms with Crippen LogP contribution in [0.5, 0.6) is 11.5 Å². The molecule has 1 aromatic heterocycles. The monoisotopic (exact) mass is 482 g/mol. The van der Waals surface area contributed by atoms with Gasteiger partial charge in [0.1, 0.15) is 0 Å². The number of methoxy groups -OCH3 is 1. The second kappa shape index (κ2) is 9.58. The van der Waals surface area contributed by atoms with Crippen molar-refractivity contribution in [2.24, 2.45) is 0 Å². The van der Waals surface area contributed by atoms with Gasteiger partial charge in [-0.15, -0.1) is 0 Å². The number of phenols is 1. The van der Waals surface area contributed by atoms with Gasteiger partial charge >= 0.3 is 6.03 Å². The molecule has 0 saturated heterocycles. The zero-order valence-electron chi connectivity index (χ0n) is 20.2. The van der Waals surface area contributed by atoms with Crippen molar-refractivity contribution in [1.82, 2.24) is 15.5 Å². The highest BCUT2D eigenvalue weighted by atomic mass is 16.5. The topological polar surface area (TPSA) is 101 Å². The van der Waals surface area contributed by atoms with E-state index in [2.05, 4.69) is 22.4 Å². The lowest BCUT2D eigenvalue weighted by molar-refractivity contribution is 0.244. The van der Waals surface area contributed by atoms with Crippen molar-refractivity contribution in [3.63, 3.8) is 0 Å². The largest absolute Gasteiger partial charge is 0.504 e. The van der Waals surface area contributed by atoms with Crippen molar-refractivity contribution in [3.05, 3.63) is 95.5 Å². The Labute approximate surface area is 208 Å². The number of nitrogens with one attached hydrogen (secondary N) is 1. The fraction of sp³-hybridized carbons (Fsp3) is 0.179. The lowest BCUT2D eigenvalue weighted by Crippen LogP contribution is -2.46. The summed E-state index contributed by atoms with van der Waals surface area (Å²) in [7, 11) is 1.48. The molecule has 0 aliphatic carbocycles. The van der Waals surface area contributed by atoms with Crippen LogP contribution >= 0.6 is 0 Å². The predicted octanol–water partition coefficient (Wildman–Crippen LogP) is 5.72. The summed E-state index contributed by atoms with van der Waals surface area (Å²) >= 11 is 0. The highest BCUT2D eigenvalue weighted by Gasteiger charge is 2.37. The molecule has 0 radical (unpaired) electrons. The van der Waals surface area contributed by atoms with E-state index in [0.717, 1.165) is 23.2 Å². The van der Waals surface area contributed by atoms with E-state index >= 15 is 0 Å². The van der Waals surface area contributed by atoms with Crippen LogP contribution in [0.4, 0.5) is 10.5 Å². The van der Waals surface area contributed by atoms with Crippen LogP contribution in [0.1, 0.15) is 36.9 Å². The Hall–Kier alpha value is -4.59. The van der Waals surface area contributed by atoms with Crippen molar-refractivity contribution in [1.29, 1.82) is 0 Å². The molecule has 182 valence electrons. The van der Waals surface area contributed by atoms with Gasteiger partial charge in [-0.05, 0) is 48.7 Å². The molecule has 4 aromatic rings. The molecule has 0 spiro atoms. The molecule has 0 bridgehead atoms. The van der Waals surface area contributed by atoms with E-state index in [1.807, 2.05) is 61.5 Å². The third-order valence-electron chi connectivity index (χ3n) is 6.29. The first kappa shape index (κ1) is 23.2. The summed E-state index contributed by atoms with van der Waals surface area (Å²) in [6.07, 6.45) is 0.844. The van der Waals surface area contributed by atoms with Crippen molar-refractivity contribution in [2.75, 3.05) is 12.0 Å². The molecule has 2 amide bonds. The maximum absolute atomic E-state index is 13.4. The van der Waals surface area contributed by atoms with E-state index in [-0.39, 0.29) is 17.7 Å². The van der Waals surface area contributed by atoms with Gasteiger partial charge in [-0.2, -0.15) is 4.98 Å². The molecular weight excluding hydrogens is 456 g/mol. The Morgan fingerprint density at radius 1 is 1.08 bits per heavy atom. The predicted molar refractivity (Wildman–Crippen MR) is 137 cm³/mol. The summed E-state index contributed by atoms with van der Waals surface area (Å²) in [6, 6.07) is 21.5. The lowest BCUT2D eigenvalue weighted by Gasteiger charge is -2.35. The van der Waals surface area contributed by atoms with Crippen LogP contribution in [0.15, 0.2) is 83.0 Å². The van der Waals surface area contributed by atoms with Gasteiger partial charge < -0.3 is 19.7 Å². The quantitative estimate of drug-likeness (QED) is 0.365. The summed E-state index contributed by atoms with van der Waals surface area (Å²) in [5.41, 5.74) is 4.60. The standard InChI is InChI=1S/C28H26N4O4/c1-4-18-9-8-12-21(15-18)32-17(2)24(27-30-26(31-36-27)19-10-6-5-7-11-19)25(29-28(32)34)20-13-14-23(35-3)22(33)16-20/h5-16,25,33H,4H2,1-3H3,(H,29,34). The van der Waals surface area contributed by atoms with Crippen molar-refractivity contribution in [2.45, 2.75) is 26.3 Å². The van der Waals surface area contributed by atoms with Crippen LogP contribution in [0.25, 0.3) is 17.0 Å². The van der Waals surface area contributed by atoms with Crippen molar-refractivity contribution in [3.8, 4) is 22.9 Å². The number of amides is 2. The molecule has 36 heavy (non-hydrogen) atoms. The molecule has 1 atom stereocenters. The molecule has 0 saturated carbocycles. The highest BCUT2D eigenvalue weighted by molar-refractivity contribution is 6.01. The number of carbonyl (C=O) groups excluding carboxylic acids is 1. The second-order valence-electron chi connectivity index (χ2n) is 8.46. The number of ether oxygens (including phenoxy) is 1. The van der Waals surface area contributed by atoms with Crippen LogP contribution < -0.4 is 15.0 Å². The van der Waals surface area contributed by atoms with Crippen LogP contribution in [0, 0.1) is 0 Å². The van der Waals surface area contributed by atoms with Gasteiger partial charge in [0.15, 0.2) is 11.5 Å². The lowest BCUT2D eigenvalue weighted by atomic mass is 9.94. The van der Waals surface area contributed by atoms with E-state index in [9.17, 15) is 9.90 Å². The Morgan fingerprint density at radius 3 is 2.61 bits per heavy atom. The summed E-state index contributed by atoms with van der Waals surface area (Å²) in [4.78, 5) is 19.7. The van der Waals surface area contributed by atoms with Gasteiger partial charge in [0, 0.05) is 11.3 Å². The van der Waals surface area contributed by atoms with Gasteiger partial charge in [-0.3, -0.25) is 4.90 Å². The molecule has 1 unspecified atom stereocenters. The van der Waals surface area contributed by atoms with Crippen molar-refractivity contribution >= 4 is 17.3 Å². The van der Waals surface area contributed by atoms with E-state index in [1.54, 1.807) is 23.1 Å². The molecule has 0 fully saturated rings. The number of carbonyl (C=O) groups is 1. The number of benzene rings is 3. The number of hydrogen-bond acceptors (Lipinski definition) is 6. The Bertz CT molecular complexity index is 1440. The van der Waals surface area contributed by atoms with E-state index < -0.39 is 6.04 Å². The SMILES string of the molecule is CCc1cccc(N2C(=O)NC(c3ccc(OC)c(O)c3)C(c3nc(-c4ccccc4)no3)=C2C)c1. The first-order valence-electron chi connectivity index (χ1n) is 11.7. The van der Waals surface area contributed by atoms with Crippen LogP contribution in [0.3, 0.4) is 0 Å². The zero-order valence-corrected chi connectivity index (χ0v) is 20.2. The Balaban J connectivity index is 1.66. The Kier molecular flexibility index (Phi) is 6.16. The third-order valence-corrected chi connectivity index (χ3v) is 6.29. The number of aryl methyl sites for hydroxylation is 1. The van der Waals surface area contributed by atoms with Gasteiger partial charge in [0.2, 0.25) is 5.82 Å². The second-order valence-corrected chi connectivity index (χ2v) is 8.46. The van der Waals surface area contributed by atoms with E-state index in [4.69, 9.17) is 9.26 Å². The number of allylic oxidation sites excluding steroid dienone is 1. The number of aromatic hydroxyl groups is 1. The normalized spacial score (nSPS) is 15.7.